The molecular weight excluding hydrogens is 684 g/mol. The molecule has 3 saturated carbocycles. The minimum absolute atomic E-state index is 0. The highest BCUT2D eigenvalue weighted by Gasteiger charge is 2.49. The van der Waals surface area contributed by atoms with Gasteiger partial charge in [-0.1, -0.05) is 38.5 Å². The molecule has 288 valence electrons. The zero-order valence-corrected chi connectivity index (χ0v) is 31.1. The second-order valence-electron chi connectivity index (χ2n) is 13.9. The van der Waals surface area contributed by atoms with Gasteiger partial charge in [0.25, 0.3) is 5.78 Å². The zero-order chi connectivity index (χ0) is 35.6. The highest BCUT2D eigenvalue weighted by Crippen LogP contribution is 2.40. The Bertz CT molecular complexity index is 1320. The van der Waals surface area contributed by atoms with Gasteiger partial charge in [-0.2, -0.15) is 5.10 Å². The fraction of sp³-hybridized carbons (Fsp3) is 0.806. The number of nitrogens with one attached hydrogen (secondary N) is 1. The molecule has 14 nitrogen and oxygen atoms in total. The molecule has 3 N–H and O–H groups in total. The van der Waals surface area contributed by atoms with Crippen LogP contribution in [0.3, 0.4) is 0 Å². The van der Waals surface area contributed by atoms with Crippen LogP contribution < -0.4 is 11.3 Å². The van der Waals surface area contributed by atoms with Crippen LogP contribution in [0.5, 0.6) is 0 Å². The maximum Gasteiger partial charge on any atom is 0.375 e. The lowest BCUT2D eigenvalue weighted by Crippen LogP contribution is -2.45. The fourth-order valence-electron chi connectivity index (χ4n) is 7.98. The van der Waals surface area contributed by atoms with Crippen molar-refractivity contribution in [1.82, 2.24) is 15.2 Å². The molecule has 1 aromatic heterocycles. The Morgan fingerprint density at radius 1 is 0.843 bits per heavy atom. The second-order valence-corrected chi connectivity index (χ2v) is 13.9. The van der Waals surface area contributed by atoms with Gasteiger partial charge < -0.3 is 28.4 Å². The van der Waals surface area contributed by atoms with Crippen LogP contribution >= 0.6 is 12.4 Å². The Morgan fingerprint density at radius 2 is 1.41 bits per heavy atom. The second kappa shape index (κ2) is 19.6. The van der Waals surface area contributed by atoms with E-state index in [1.165, 1.54) is 57.1 Å². The number of hydrogen-bond donors (Lipinski definition) is 2. The van der Waals surface area contributed by atoms with Crippen molar-refractivity contribution in [1.29, 1.82) is 0 Å². The molecule has 1 aromatic rings. The number of halogens is 1. The number of hydrogen-bond acceptors (Lipinski definition) is 13. The summed E-state index contributed by atoms with van der Waals surface area (Å²) in [5.74, 6) is 0.538. The molecule has 2 aliphatic heterocycles. The monoisotopic (exact) mass is 740 g/mol. The Hall–Kier alpha value is -2.46. The van der Waals surface area contributed by atoms with E-state index in [1.807, 2.05) is 6.92 Å². The molecule has 7 rings (SSSR count). The summed E-state index contributed by atoms with van der Waals surface area (Å²) in [6.07, 6.45) is 15.8. The van der Waals surface area contributed by atoms with Gasteiger partial charge in [0.2, 0.25) is 0 Å². The number of fused-ring (bicyclic) bond motifs is 1. The first kappa shape index (κ1) is 41.3. The summed E-state index contributed by atoms with van der Waals surface area (Å²) < 4.78 is 34.7. The summed E-state index contributed by atoms with van der Waals surface area (Å²) in [6, 6.07) is 1.03. The number of carbonyl (C=O) groups excluding carboxylic acids is 4. The molecule has 2 spiro atoms. The van der Waals surface area contributed by atoms with Gasteiger partial charge in [0.15, 0.2) is 17.3 Å². The lowest BCUT2D eigenvalue weighted by atomic mass is 9.81. The van der Waals surface area contributed by atoms with Gasteiger partial charge in [0, 0.05) is 49.4 Å². The van der Waals surface area contributed by atoms with Crippen LogP contribution in [0.25, 0.3) is 0 Å². The molecule has 3 heterocycles. The molecule has 0 bridgehead atoms. The van der Waals surface area contributed by atoms with Crippen molar-refractivity contribution in [2.45, 2.75) is 140 Å². The highest BCUT2D eigenvalue weighted by molar-refractivity contribution is 6.38. The van der Waals surface area contributed by atoms with E-state index in [-0.39, 0.29) is 43.6 Å². The third-order valence-corrected chi connectivity index (χ3v) is 10.6. The van der Waals surface area contributed by atoms with Gasteiger partial charge in [-0.3, -0.25) is 25.5 Å². The van der Waals surface area contributed by atoms with Crippen LogP contribution in [0.1, 0.15) is 132 Å². The molecule has 0 aromatic carbocycles. The normalized spacial score (nSPS) is 24.0. The van der Waals surface area contributed by atoms with E-state index >= 15 is 0 Å². The lowest BCUT2D eigenvalue weighted by Gasteiger charge is -2.34. The molecule has 0 radical (unpaired) electrons. The van der Waals surface area contributed by atoms with Crippen molar-refractivity contribution in [2.24, 2.45) is 11.8 Å². The van der Waals surface area contributed by atoms with Crippen molar-refractivity contribution in [3.05, 3.63) is 17.0 Å². The molecule has 6 aliphatic rings. The van der Waals surface area contributed by atoms with Gasteiger partial charge >= 0.3 is 11.9 Å². The van der Waals surface area contributed by atoms with Crippen LogP contribution in [0, 0.1) is 5.92 Å². The van der Waals surface area contributed by atoms with E-state index in [1.54, 1.807) is 6.92 Å². The average Bonchev–Trinajstić information content (AvgIpc) is 3.90. The maximum absolute atomic E-state index is 12.4. The zero-order valence-electron chi connectivity index (χ0n) is 30.3. The number of ether oxygens (including phenoxy) is 6. The number of Topliss-reactive ketones (excluding diaryl/α,β-unsaturated/α-hetero) is 2. The Morgan fingerprint density at radius 3 is 1.98 bits per heavy atom. The lowest BCUT2D eigenvalue weighted by molar-refractivity contribution is -0.191. The van der Waals surface area contributed by atoms with Gasteiger partial charge in [-0.15, -0.1) is 12.4 Å². The molecule has 1 unspecified atom stereocenters. The van der Waals surface area contributed by atoms with Crippen LogP contribution in [0.2, 0.25) is 0 Å². The number of aromatic nitrogens is 2. The minimum Gasteiger partial charge on any atom is -0.461 e. The van der Waals surface area contributed by atoms with Gasteiger partial charge in [-0.25, -0.2) is 9.59 Å². The van der Waals surface area contributed by atoms with E-state index in [0.29, 0.717) is 63.7 Å². The molecule has 51 heavy (non-hydrogen) atoms. The van der Waals surface area contributed by atoms with Gasteiger partial charge in [-0.05, 0) is 46.0 Å². The quantitative estimate of drug-likeness (QED) is 0.134. The number of esters is 2. The van der Waals surface area contributed by atoms with E-state index in [0.717, 1.165) is 31.2 Å². The average molecular weight is 741 g/mol. The molecule has 1 atom stereocenters. The van der Waals surface area contributed by atoms with Crippen LogP contribution in [-0.2, 0) is 55.6 Å². The molecule has 15 heteroatoms. The first-order chi connectivity index (χ1) is 24.2. The van der Waals surface area contributed by atoms with E-state index in [9.17, 15) is 19.2 Å². The third-order valence-electron chi connectivity index (χ3n) is 10.6. The largest absolute Gasteiger partial charge is 0.461 e. The van der Waals surface area contributed by atoms with Crippen molar-refractivity contribution in [2.75, 3.05) is 39.6 Å². The molecular formula is C36H57ClN4O10. The Labute approximate surface area is 306 Å². The molecule has 4 aliphatic carbocycles. The summed E-state index contributed by atoms with van der Waals surface area (Å²) in [7, 11) is 0. The van der Waals surface area contributed by atoms with Crippen LogP contribution in [0.4, 0.5) is 0 Å². The van der Waals surface area contributed by atoms with Crippen LogP contribution in [0.15, 0.2) is 0 Å². The summed E-state index contributed by atoms with van der Waals surface area (Å²) in [5, 5.41) is 4.72. The number of nitrogens with zero attached hydrogens (tertiary/aromatic N) is 2. The minimum atomic E-state index is -0.990. The predicted molar refractivity (Wildman–Crippen MR) is 187 cm³/mol. The van der Waals surface area contributed by atoms with Crippen molar-refractivity contribution in [3.63, 3.8) is 0 Å². The standard InChI is InChI=1S/C18H26N2O4.C12H16O6.C6H14N2.ClH/c1-2-22-17(21)16-14-12-18(23-10-11-24-18)9-8-15(14)20(19-16)13-6-4-3-5-7-13;1-2-16-11(15)10(14)8-7-12(4-3-9(8)13)17-5-6-18-12;7-8-6-4-2-1-3-5-6;/h13H,2-12H2,1H3;8H,2-7H2,1H3;6,8H,1-5,7H2;1H. The van der Waals surface area contributed by atoms with Gasteiger partial charge in [0.05, 0.1) is 51.6 Å². The summed E-state index contributed by atoms with van der Waals surface area (Å²) >= 11 is 0. The Balaban J connectivity index is 0.000000190. The van der Waals surface area contributed by atoms with E-state index in [4.69, 9.17) is 34.6 Å². The van der Waals surface area contributed by atoms with Crippen molar-refractivity contribution in [3.8, 4) is 0 Å². The third kappa shape index (κ3) is 10.4. The summed E-state index contributed by atoms with van der Waals surface area (Å²) in [6.45, 7) is 6.07. The van der Waals surface area contributed by atoms with Crippen molar-refractivity contribution >= 4 is 35.9 Å². The van der Waals surface area contributed by atoms with E-state index in [2.05, 4.69) is 14.8 Å². The van der Waals surface area contributed by atoms with Crippen LogP contribution in [-0.4, -0.2) is 90.5 Å². The van der Waals surface area contributed by atoms with Crippen molar-refractivity contribution < 1.29 is 47.6 Å². The summed E-state index contributed by atoms with van der Waals surface area (Å²) in [5.41, 5.74) is 5.44. The number of hydrazine groups is 1. The molecule has 2 saturated heterocycles. The number of nitrogens with two attached hydrogens (primary N) is 1. The molecule has 5 fully saturated rings. The smallest absolute Gasteiger partial charge is 0.375 e. The highest BCUT2D eigenvalue weighted by atomic mass is 35.5. The summed E-state index contributed by atoms with van der Waals surface area (Å²) in [4.78, 5) is 47.4. The number of rotatable bonds is 7. The SMILES string of the molecule is CCOC(=O)C(=O)C1CC2(CCC1=O)OCCO2.CCOC(=O)c1nn(C2CCCCC2)c2c1CC1(CC2)OCCO1.Cl.NNC1CCCCC1. The number of carbonyl (C=O) groups is 4. The number of ketones is 2. The van der Waals surface area contributed by atoms with E-state index < -0.39 is 29.2 Å². The topological polar surface area (TPSA) is 180 Å². The van der Waals surface area contributed by atoms with Gasteiger partial charge in [0.1, 0.15) is 5.78 Å². The molecule has 0 amide bonds. The maximum atomic E-state index is 12.4. The first-order valence-corrected chi connectivity index (χ1v) is 18.8. The fourth-order valence-corrected chi connectivity index (χ4v) is 7.98. The Kier molecular flexibility index (Phi) is 15.8. The predicted octanol–water partition coefficient (Wildman–Crippen LogP) is 4.23. The first-order valence-electron chi connectivity index (χ1n) is 18.8.